The van der Waals surface area contributed by atoms with Crippen LogP contribution in [0.15, 0.2) is 197 Å². The van der Waals surface area contributed by atoms with Gasteiger partial charge >= 0.3 is 0 Å². The zero-order valence-corrected chi connectivity index (χ0v) is 30.6. The lowest BCUT2D eigenvalue weighted by atomic mass is 9.97. The van der Waals surface area contributed by atoms with Gasteiger partial charge in [0.25, 0.3) is 0 Å². The molecule has 0 saturated carbocycles. The van der Waals surface area contributed by atoms with Gasteiger partial charge in [0.1, 0.15) is 16.7 Å². The highest BCUT2D eigenvalue weighted by molar-refractivity contribution is 6.18. The molecule has 2 aromatic heterocycles. The minimum absolute atomic E-state index is 0.622. The maximum atomic E-state index is 6.60. The summed E-state index contributed by atoms with van der Waals surface area (Å²) in [5.74, 6) is 0.622. The van der Waals surface area contributed by atoms with Crippen molar-refractivity contribution >= 4 is 71.6 Å². The van der Waals surface area contributed by atoms with Crippen molar-refractivity contribution in [2.45, 2.75) is 6.92 Å². The van der Waals surface area contributed by atoms with E-state index in [2.05, 4.69) is 157 Å². The van der Waals surface area contributed by atoms with Crippen LogP contribution in [0.4, 0.5) is 17.1 Å². The summed E-state index contributed by atoms with van der Waals surface area (Å²) in [4.78, 5) is 7.29. The summed E-state index contributed by atoms with van der Waals surface area (Å²) in [7, 11) is 0. The van der Waals surface area contributed by atoms with Crippen LogP contribution in [0.1, 0.15) is 5.56 Å². The van der Waals surface area contributed by atoms with Gasteiger partial charge in [-0.25, -0.2) is 4.98 Å². The van der Waals surface area contributed by atoms with Crippen molar-refractivity contribution in [2.75, 3.05) is 4.90 Å². The molecule has 9 aromatic carbocycles. The van der Waals surface area contributed by atoms with Crippen LogP contribution in [-0.2, 0) is 0 Å². The van der Waals surface area contributed by atoms with Gasteiger partial charge in [-0.15, -0.1) is 0 Å². The number of aromatic nitrogens is 1. The second-order valence-corrected chi connectivity index (χ2v) is 14.4. The molecule has 0 saturated heterocycles. The molecule has 0 atom stereocenters. The van der Waals surface area contributed by atoms with Crippen molar-refractivity contribution in [3.8, 4) is 33.7 Å². The van der Waals surface area contributed by atoms with Gasteiger partial charge in [0.15, 0.2) is 5.58 Å². The van der Waals surface area contributed by atoms with Crippen molar-refractivity contribution < 1.29 is 8.83 Å². The topological polar surface area (TPSA) is 42.4 Å². The Kier molecular flexibility index (Phi) is 7.36. The Morgan fingerprint density at radius 2 is 1.11 bits per heavy atom. The molecule has 0 aliphatic rings. The highest BCUT2D eigenvalue weighted by Gasteiger charge is 2.19. The van der Waals surface area contributed by atoms with E-state index in [0.717, 1.165) is 88.3 Å². The average Bonchev–Trinajstić information content (AvgIpc) is 3.86. The molecule has 0 radical (unpaired) electrons. The van der Waals surface area contributed by atoms with E-state index in [4.69, 9.17) is 13.8 Å². The smallest absolute Gasteiger partial charge is 0.227 e. The van der Waals surface area contributed by atoms with E-state index in [1.54, 1.807) is 0 Å². The van der Waals surface area contributed by atoms with Crippen molar-refractivity contribution in [1.29, 1.82) is 0 Å². The molecule has 2 heterocycles. The maximum absolute atomic E-state index is 6.60. The average molecular weight is 719 g/mol. The number of oxazole rings is 1. The van der Waals surface area contributed by atoms with Crippen molar-refractivity contribution in [3.63, 3.8) is 0 Å². The monoisotopic (exact) mass is 718 g/mol. The predicted molar refractivity (Wildman–Crippen MR) is 232 cm³/mol. The zero-order chi connectivity index (χ0) is 37.2. The van der Waals surface area contributed by atoms with E-state index in [9.17, 15) is 0 Å². The Morgan fingerprint density at radius 3 is 1.96 bits per heavy atom. The molecule has 56 heavy (non-hydrogen) atoms. The second kappa shape index (κ2) is 12.9. The molecule has 11 aromatic rings. The Hall–Kier alpha value is -7.43. The van der Waals surface area contributed by atoms with Crippen LogP contribution in [-0.4, -0.2) is 4.98 Å². The van der Waals surface area contributed by atoms with Gasteiger partial charge in [-0.05, 0) is 124 Å². The molecule has 4 heteroatoms. The minimum Gasteiger partial charge on any atom is -0.456 e. The number of fused-ring (bicyclic) bond motifs is 8. The maximum Gasteiger partial charge on any atom is 0.227 e. The van der Waals surface area contributed by atoms with Gasteiger partial charge in [-0.1, -0.05) is 115 Å². The highest BCUT2D eigenvalue weighted by Crippen LogP contribution is 2.42. The van der Waals surface area contributed by atoms with E-state index >= 15 is 0 Å². The molecule has 0 aliphatic heterocycles. The number of aryl methyl sites for hydroxylation is 1. The molecule has 264 valence electrons. The van der Waals surface area contributed by atoms with Crippen molar-refractivity contribution in [2.24, 2.45) is 0 Å². The van der Waals surface area contributed by atoms with Crippen LogP contribution in [0.25, 0.3) is 88.3 Å². The summed E-state index contributed by atoms with van der Waals surface area (Å²) >= 11 is 0. The standard InChI is InChI=1S/C52H34N2O2/c1-33-29-41(25-26-43(33)39-23-28-49-46(31-39)44-17-8-9-18-48(44)55-49)54(40-16-10-15-38(30-40)34-11-4-2-5-12-34)42-24-21-35-19-20-36-22-27-47-51(50(36)45(35)32-42)56-52(53-47)37-13-6-3-7-14-37/h2-32H,1H3. The summed E-state index contributed by atoms with van der Waals surface area (Å²) in [5.41, 5.74) is 13.5. The van der Waals surface area contributed by atoms with Crippen molar-refractivity contribution in [1.82, 2.24) is 4.98 Å². The first-order valence-electron chi connectivity index (χ1n) is 18.9. The normalized spacial score (nSPS) is 11.7. The molecule has 11 rings (SSSR count). The van der Waals surface area contributed by atoms with E-state index in [0.29, 0.717) is 5.89 Å². The molecule has 0 fully saturated rings. The lowest BCUT2D eigenvalue weighted by Gasteiger charge is -2.27. The number of benzene rings is 9. The third-order valence-electron chi connectivity index (χ3n) is 11.0. The number of furan rings is 1. The highest BCUT2D eigenvalue weighted by atomic mass is 16.3. The van der Waals surface area contributed by atoms with Crippen LogP contribution in [0, 0.1) is 6.92 Å². The molecule has 0 aliphatic carbocycles. The third-order valence-corrected chi connectivity index (χ3v) is 11.0. The fraction of sp³-hybridized carbons (Fsp3) is 0.0192. The Bertz CT molecular complexity index is 3270. The molecular weight excluding hydrogens is 685 g/mol. The van der Waals surface area contributed by atoms with Crippen LogP contribution >= 0.6 is 0 Å². The summed E-state index contributed by atoms with van der Waals surface area (Å²) in [6.45, 7) is 2.20. The Morgan fingerprint density at radius 1 is 0.429 bits per heavy atom. The lowest BCUT2D eigenvalue weighted by molar-refractivity contribution is 0.623. The zero-order valence-electron chi connectivity index (χ0n) is 30.6. The van der Waals surface area contributed by atoms with Gasteiger partial charge in [-0.2, -0.15) is 0 Å². The van der Waals surface area contributed by atoms with Gasteiger partial charge in [0.05, 0.1) is 0 Å². The van der Waals surface area contributed by atoms with Crippen molar-refractivity contribution in [3.05, 3.63) is 194 Å². The molecule has 0 N–H and O–H groups in total. The third kappa shape index (κ3) is 5.34. The number of anilines is 3. The lowest BCUT2D eigenvalue weighted by Crippen LogP contribution is -2.10. The number of para-hydroxylation sites is 1. The van der Waals surface area contributed by atoms with Gasteiger partial charge < -0.3 is 13.7 Å². The van der Waals surface area contributed by atoms with E-state index in [1.807, 2.05) is 42.5 Å². The van der Waals surface area contributed by atoms with Gasteiger partial charge in [-0.3, -0.25) is 0 Å². The van der Waals surface area contributed by atoms with Crippen LogP contribution in [0.2, 0.25) is 0 Å². The molecule has 0 spiro atoms. The SMILES string of the molecule is Cc1cc(N(c2cccc(-c3ccccc3)c2)c2ccc3ccc4ccc5nc(-c6ccccc6)oc5c4c3c2)ccc1-c1ccc2oc3ccccc3c2c1. The summed E-state index contributed by atoms with van der Waals surface area (Å²) in [6, 6.07) is 66.4. The molecule has 0 amide bonds. The number of hydrogen-bond acceptors (Lipinski definition) is 4. The molecule has 0 bridgehead atoms. The number of nitrogens with zero attached hydrogens (tertiary/aromatic N) is 2. The van der Waals surface area contributed by atoms with Gasteiger partial charge in [0, 0.05) is 38.8 Å². The number of rotatable bonds is 6. The van der Waals surface area contributed by atoms with Gasteiger partial charge in [0.2, 0.25) is 5.89 Å². The Labute approximate surface area is 323 Å². The summed E-state index contributed by atoms with van der Waals surface area (Å²) in [6.07, 6.45) is 0. The Balaban J connectivity index is 1.09. The van der Waals surface area contributed by atoms with Crippen LogP contribution < -0.4 is 4.90 Å². The summed E-state index contributed by atoms with van der Waals surface area (Å²) in [5, 5.41) is 6.67. The van der Waals surface area contributed by atoms with E-state index in [1.165, 1.54) is 16.7 Å². The molecular formula is C52H34N2O2. The van der Waals surface area contributed by atoms with Crippen LogP contribution in [0.5, 0.6) is 0 Å². The first kappa shape index (κ1) is 32.0. The largest absolute Gasteiger partial charge is 0.456 e. The molecule has 4 nitrogen and oxygen atoms in total. The first-order valence-corrected chi connectivity index (χ1v) is 18.9. The van der Waals surface area contributed by atoms with E-state index in [-0.39, 0.29) is 0 Å². The van der Waals surface area contributed by atoms with Crippen LogP contribution in [0.3, 0.4) is 0 Å². The fourth-order valence-electron chi connectivity index (χ4n) is 8.26. The fourth-order valence-corrected chi connectivity index (χ4v) is 8.26. The summed E-state index contributed by atoms with van der Waals surface area (Å²) < 4.78 is 12.7. The first-order chi connectivity index (χ1) is 27.6. The predicted octanol–water partition coefficient (Wildman–Crippen LogP) is 14.8. The minimum atomic E-state index is 0.622. The molecule has 0 unspecified atom stereocenters. The second-order valence-electron chi connectivity index (χ2n) is 14.4. The number of hydrogen-bond donors (Lipinski definition) is 0. The van der Waals surface area contributed by atoms with E-state index < -0.39 is 0 Å². The quantitative estimate of drug-likeness (QED) is 0.161.